The van der Waals surface area contributed by atoms with Gasteiger partial charge in [-0.3, -0.25) is 0 Å². The average molecular weight is 149 g/mol. The second-order valence-corrected chi connectivity index (χ2v) is 2.30. The van der Waals surface area contributed by atoms with Gasteiger partial charge in [0.2, 0.25) is 0 Å². The lowest BCUT2D eigenvalue weighted by Crippen LogP contribution is -2.01. The predicted molar refractivity (Wildman–Crippen MR) is 42.9 cm³/mol. The third kappa shape index (κ3) is 15.7. The topological polar surface area (TPSA) is 52.5 Å². The smallest absolute Gasteiger partial charge is 0.0457 e. The summed E-state index contributed by atoms with van der Waals surface area (Å²) >= 11 is 0. The van der Waals surface area contributed by atoms with Crippen LogP contribution in [0.2, 0.25) is 0 Å². The molecule has 0 radical (unpaired) electrons. The van der Waals surface area contributed by atoms with E-state index in [1.54, 1.807) is 0 Å². The first-order valence-electron chi connectivity index (χ1n) is 3.53. The van der Waals surface area contributed by atoms with Crippen molar-refractivity contribution in [1.82, 2.24) is 5.32 Å². The molecule has 0 saturated heterocycles. The molecular formula is C7H19NO2. The second-order valence-electron chi connectivity index (χ2n) is 2.30. The van der Waals surface area contributed by atoms with Crippen molar-refractivity contribution in [1.29, 1.82) is 0 Å². The first kappa shape index (κ1) is 12.5. The molecule has 0 aromatic rings. The molecule has 0 aliphatic heterocycles. The van der Waals surface area contributed by atoms with Gasteiger partial charge in [0, 0.05) is 13.2 Å². The maximum atomic E-state index is 8.35. The second kappa shape index (κ2) is 11.6. The van der Waals surface area contributed by atoms with E-state index < -0.39 is 0 Å². The predicted octanol–water partition coefficient (Wildman–Crippen LogP) is -0.167. The van der Waals surface area contributed by atoms with Gasteiger partial charge >= 0.3 is 0 Å². The fraction of sp³-hybridized carbons (Fsp3) is 1.00. The molecule has 0 aromatic carbocycles. The van der Waals surface area contributed by atoms with Crippen LogP contribution in [-0.2, 0) is 0 Å². The highest BCUT2D eigenvalue weighted by Gasteiger charge is 1.94. The van der Waals surface area contributed by atoms with Crippen LogP contribution in [0.5, 0.6) is 0 Å². The van der Waals surface area contributed by atoms with Gasteiger partial charge < -0.3 is 15.5 Å². The summed E-state index contributed by atoms with van der Waals surface area (Å²) in [6.45, 7) is 2.26. The van der Waals surface area contributed by atoms with Gasteiger partial charge in [-0.05, 0) is 26.4 Å². The van der Waals surface area contributed by atoms with Crippen LogP contribution in [0.3, 0.4) is 0 Å². The van der Waals surface area contributed by atoms with E-state index in [1.807, 2.05) is 21.0 Å². The number of nitrogens with one attached hydrogen (secondary N) is 1. The van der Waals surface area contributed by atoms with E-state index in [4.69, 9.17) is 10.2 Å². The Hall–Kier alpha value is -0.120. The van der Waals surface area contributed by atoms with Crippen LogP contribution in [0.15, 0.2) is 0 Å². The molecule has 3 N–H and O–H groups in total. The molecule has 0 rings (SSSR count). The summed E-state index contributed by atoms with van der Waals surface area (Å²) in [4.78, 5) is 0. The Morgan fingerprint density at radius 1 is 1.30 bits per heavy atom. The zero-order valence-electron chi connectivity index (χ0n) is 7.09. The highest BCUT2D eigenvalue weighted by atomic mass is 16.3. The molecule has 0 bridgehead atoms. The van der Waals surface area contributed by atoms with Crippen LogP contribution in [0, 0.1) is 5.92 Å². The molecule has 0 heterocycles. The molecule has 3 nitrogen and oxygen atoms in total. The van der Waals surface area contributed by atoms with E-state index in [9.17, 15) is 0 Å². The third-order valence-electron chi connectivity index (χ3n) is 0.934. The van der Waals surface area contributed by atoms with Crippen molar-refractivity contribution in [3.8, 4) is 0 Å². The van der Waals surface area contributed by atoms with Crippen molar-refractivity contribution in [2.24, 2.45) is 5.92 Å². The normalized spacial score (nSPS) is 11.7. The molecular weight excluding hydrogens is 130 g/mol. The summed E-state index contributed by atoms with van der Waals surface area (Å²) in [6.07, 6.45) is 0.705. The van der Waals surface area contributed by atoms with Crippen molar-refractivity contribution in [2.75, 3.05) is 27.3 Å². The van der Waals surface area contributed by atoms with Crippen LogP contribution in [-0.4, -0.2) is 37.5 Å². The molecule has 0 amide bonds. The van der Waals surface area contributed by atoms with Crippen molar-refractivity contribution in [3.63, 3.8) is 0 Å². The van der Waals surface area contributed by atoms with Gasteiger partial charge in [-0.15, -0.1) is 0 Å². The van der Waals surface area contributed by atoms with E-state index in [2.05, 4.69) is 5.32 Å². The Morgan fingerprint density at radius 3 is 1.80 bits per heavy atom. The van der Waals surface area contributed by atoms with E-state index >= 15 is 0 Å². The summed E-state index contributed by atoms with van der Waals surface area (Å²) in [5.41, 5.74) is 0. The van der Waals surface area contributed by atoms with Gasteiger partial charge in [-0.1, -0.05) is 6.92 Å². The number of aliphatic hydroxyl groups is 2. The Morgan fingerprint density at radius 2 is 1.70 bits per heavy atom. The minimum atomic E-state index is 0.181. The van der Waals surface area contributed by atoms with Crippen LogP contribution < -0.4 is 5.32 Å². The lowest BCUT2D eigenvalue weighted by molar-refractivity contribution is 0.194. The summed E-state index contributed by atoms with van der Waals surface area (Å²) in [6, 6.07) is 0. The summed E-state index contributed by atoms with van der Waals surface area (Å²) in [5.74, 6) is 0.255. The fourth-order valence-electron chi connectivity index (χ4n) is 0.312. The molecule has 1 atom stereocenters. The molecule has 0 saturated carbocycles. The zero-order valence-corrected chi connectivity index (χ0v) is 7.09. The van der Waals surface area contributed by atoms with E-state index in [0.717, 1.165) is 0 Å². The maximum Gasteiger partial charge on any atom is 0.0457 e. The maximum absolute atomic E-state index is 8.35. The summed E-state index contributed by atoms with van der Waals surface area (Å²) < 4.78 is 0. The van der Waals surface area contributed by atoms with Crippen LogP contribution in [0.4, 0.5) is 0 Å². The van der Waals surface area contributed by atoms with Gasteiger partial charge in [-0.2, -0.15) is 0 Å². The van der Waals surface area contributed by atoms with Gasteiger partial charge in [0.25, 0.3) is 0 Å². The van der Waals surface area contributed by atoms with Crippen molar-refractivity contribution in [2.45, 2.75) is 13.3 Å². The van der Waals surface area contributed by atoms with Gasteiger partial charge in [0.15, 0.2) is 0 Å². The van der Waals surface area contributed by atoms with Crippen molar-refractivity contribution >= 4 is 0 Å². The van der Waals surface area contributed by atoms with Crippen molar-refractivity contribution in [3.05, 3.63) is 0 Å². The monoisotopic (exact) mass is 149 g/mol. The average Bonchev–Trinajstić information content (AvgIpc) is 1.90. The Balaban J connectivity index is 0. The van der Waals surface area contributed by atoms with E-state index in [-0.39, 0.29) is 19.1 Å². The number of aliphatic hydroxyl groups excluding tert-OH is 2. The highest BCUT2D eigenvalue weighted by Crippen LogP contribution is 1.96. The lowest BCUT2D eigenvalue weighted by atomic mass is 10.1. The summed E-state index contributed by atoms with van der Waals surface area (Å²) in [5, 5.41) is 19.4. The highest BCUT2D eigenvalue weighted by molar-refractivity contribution is 4.45. The molecule has 0 aromatic heterocycles. The molecule has 0 fully saturated rings. The molecule has 0 spiro atoms. The fourth-order valence-corrected chi connectivity index (χ4v) is 0.312. The Bertz CT molecular complexity index is 50.9. The summed E-state index contributed by atoms with van der Waals surface area (Å²) in [7, 11) is 3.75. The molecule has 0 aliphatic rings. The molecule has 1 unspecified atom stereocenters. The van der Waals surface area contributed by atoms with E-state index in [1.165, 1.54) is 0 Å². The van der Waals surface area contributed by atoms with Crippen molar-refractivity contribution < 1.29 is 10.2 Å². The van der Waals surface area contributed by atoms with Crippen LogP contribution >= 0.6 is 0 Å². The van der Waals surface area contributed by atoms with Gasteiger partial charge in [0.05, 0.1) is 0 Å². The SMILES string of the molecule is CC(CO)CCO.CNC. The molecule has 10 heavy (non-hydrogen) atoms. The number of hydrogen-bond acceptors (Lipinski definition) is 3. The Kier molecular flexibility index (Phi) is 14.6. The standard InChI is InChI=1S/C5H12O2.C2H7N/c1-5(4-7)2-3-6;1-3-2/h5-7H,2-4H2,1H3;3H,1-2H3. The first-order chi connectivity index (χ1) is 4.72. The minimum absolute atomic E-state index is 0.181. The number of rotatable bonds is 3. The first-order valence-corrected chi connectivity index (χ1v) is 3.53. The lowest BCUT2D eigenvalue weighted by Gasteiger charge is -2.01. The van der Waals surface area contributed by atoms with Gasteiger partial charge in [0.1, 0.15) is 0 Å². The zero-order chi connectivity index (χ0) is 8.41. The third-order valence-corrected chi connectivity index (χ3v) is 0.934. The Labute approximate surface area is 63.1 Å². The molecule has 64 valence electrons. The molecule has 0 aliphatic carbocycles. The largest absolute Gasteiger partial charge is 0.396 e. The van der Waals surface area contributed by atoms with Gasteiger partial charge in [-0.25, -0.2) is 0 Å². The quantitative estimate of drug-likeness (QED) is 0.522. The number of hydrogen-bond donors (Lipinski definition) is 3. The molecule has 3 heteroatoms. The van der Waals surface area contributed by atoms with Crippen LogP contribution in [0.1, 0.15) is 13.3 Å². The van der Waals surface area contributed by atoms with Crippen LogP contribution in [0.25, 0.3) is 0 Å². The van der Waals surface area contributed by atoms with E-state index in [0.29, 0.717) is 6.42 Å². The minimum Gasteiger partial charge on any atom is -0.396 e.